The number of nitrogens with one attached hydrogen (secondary N) is 1. The van der Waals surface area contributed by atoms with Crippen molar-refractivity contribution in [2.45, 2.75) is 46.5 Å². The van der Waals surface area contributed by atoms with Gasteiger partial charge in [0.05, 0.1) is 13.3 Å². The Balaban J connectivity index is 1.58. The standard InChI is InChI=1S/C28H34N2O3/c1-27(2,3)19-28(4,5)21-12-14-22(15-13-21)33-18-26(31)30-29-17-24-23-10-8-7-9-20(23)11-16-25(24)32-6/h7-17H,18-19H2,1-6H3,(H,30,31)/b29-17+. The van der Waals surface area contributed by atoms with Crippen molar-refractivity contribution in [2.75, 3.05) is 13.7 Å². The van der Waals surface area contributed by atoms with Gasteiger partial charge in [-0.15, -0.1) is 0 Å². The van der Waals surface area contributed by atoms with Crippen molar-refractivity contribution in [1.82, 2.24) is 5.43 Å². The maximum absolute atomic E-state index is 12.2. The summed E-state index contributed by atoms with van der Waals surface area (Å²) < 4.78 is 11.1. The first kappa shape index (κ1) is 24.3. The van der Waals surface area contributed by atoms with Crippen LogP contribution in [0, 0.1) is 5.41 Å². The molecule has 3 aromatic carbocycles. The third-order valence-corrected chi connectivity index (χ3v) is 5.51. The summed E-state index contributed by atoms with van der Waals surface area (Å²) in [5, 5.41) is 6.18. The lowest BCUT2D eigenvalue weighted by atomic mass is 9.72. The highest BCUT2D eigenvalue weighted by molar-refractivity contribution is 6.02. The molecule has 0 saturated carbocycles. The van der Waals surface area contributed by atoms with Crippen LogP contribution in [-0.4, -0.2) is 25.8 Å². The normalized spacial score (nSPS) is 12.2. The van der Waals surface area contributed by atoms with E-state index in [1.54, 1.807) is 13.3 Å². The van der Waals surface area contributed by atoms with Crippen molar-refractivity contribution in [3.05, 3.63) is 71.8 Å². The number of benzene rings is 3. The summed E-state index contributed by atoms with van der Waals surface area (Å²) in [4.78, 5) is 12.2. The number of methoxy groups -OCH3 is 1. The van der Waals surface area contributed by atoms with Gasteiger partial charge in [0.2, 0.25) is 0 Å². The third-order valence-electron chi connectivity index (χ3n) is 5.51. The van der Waals surface area contributed by atoms with Crippen molar-refractivity contribution in [1.29, 1.82) is 0 Å². The number of rotatable bonds is 8. The Bertz CT molecular complexity index is 1130. The first-order valence-corrected chi connectivity index (χ1v) is 11.2. The summed E-state index contributed by atoms with van der Waals surface area (Å²) in [6, 6.07) is 19.8. The number of carbonyl (C=O) groups excluding carboxylic acids is 1. The number of hydrazone groups is 1. The van der Waals surface area contributed by atoms with Crippen LogP contribution >= 0.6 is 0 Å². The third kappa shape index (κ3) is 6.58. The van der Waals surface area contributed by atoms with Crippen LogP contribution in [0.15, 0.2) is 65.8 Å². The summed E-state index contributed by atoms with van der Waals surface area (Å²) in [5.41, 5.74) is 4.90. The van der Waals surface area contributed by atoms with E-state index in [2.05, 4.69) is 57.3 Å². The van der Waals surface area contributed by atoms with E-state index in [4.69, 9.17) is 9.47 Å². The molecule has 1 amide bonds. The molecule has 0 aliphatic heterocycles. The van der Waals surface area contributed by atoms with Gasteiger partial charge in [-0.3, -0.25) is 4.79 Å². The van der Waals surface area contributed by atoms with Crippen molar-refractivity contribution >= 4 is 22.9 Å². The van der Waals surface area contributed by atoms with Gasteiger partial charge in [-0.05, 0) is 51.8 Å². The van der Waals surface area contributed by atoms with Gasteiger partial charge in [0.15, 0.2) is 6.61 Å². The molecule has 0 unspecified atom stereocenters. The minimum Gasteiger partial charge on any atom is -0.496 e. The SMILES string of the molecule is COc1ccc2ccccc2c1/C=N/NC(=O)COc1ccc(C(C)(C)CC(C)(C)C)cc1. The molecule has 0 aliphatic carbocycles. The van der Waals surface area contributed by atoms with Crippen molar-refractivity contribution < 1.29 is 14.3 Å². The largest absolute Gasteiger partial charge is 0.496 e. The van der Waals surface area contributed by atoms with Crippen LogP contribution < -0.4 is 14.9 Å². The molecular weight excluding hydrogens is 412 g/mol. The number of fused-ring (bicyclic) bond motifs is 1. The summed E-state index contributed by atoms with van der Waals surface area (Å²) in [7, 11) is 1.61. The van der Waals surface area contributed by atoms with Gasteiger partial charge in [-0.1, -0.05) is 77.1 Å². The average Bonchev–Trinajstić information content (AvgIpc) is 2.76. The molecule has 5 heteroatoms. The van der Waals surface area contributed by atoms with Crippen LogP contribution in [0.25, 0.3) is 10.8 Å². The first-order chi connectivity index (χ1) is 15.6. The van der Waals surface area contributed by atoms with Crippen LogP contribution in [0.4, 0.5) is 0 Å². The van der Waals surface area contributed by atoms with Crippen molar-refractivity contribution in [2.24, 2.45) is 10.5 Å². The molecule has 0 bridgehead atoms. The van der Waals surface area contributed by atoms with Gasteiger partial charge in [0.1, 0.15) is 11.5 Å². The van der Waals surface area contributed by atoms with Crippen LogP contribution in [0.1, 0.15) is 52.2 Å². The Hall–Kier alpha value is -3.34. The highest BCUT2D eigenvalue weighted by atomic mass is 16.5. The van der Waals surface area contributed by atoms with E-state index >= 15 is 0 Å². The van der Waals surface area contributed by atoms with Crippen LogP contribution in [0.3, 0.4) is 0 Å². The Morgan fingerprint density at radius 1 is 0.970 bits per heavy atom. The van der Waals surface area contributed by atoms with Crippen LogP contribution in [0.2, 0.25) is 0 Å². The molecule has 0 atom stereocenters. The van der Waals surface area contributed by atoms with Crippen molar-refractivity contribution in [3.8, 4) is 11.5 Å². The average molecular weight is 447 g/mol. The quantitative estimate of drug-likeness (QED) is 0.336. The van der Waals surface area contributed by atoms with Crippen LogP contribution in [-0.2, 0) is 10.2 Å². The zero-order valence-electron chi connectivity index (χ0n) is 20.4. The Morgan fingerprint density at radius 3 is 2.33 bits per heavy atom. The summed E-state index contributed by atoms with van der Waals surface area (Å²) in [6.07, 6.45) is 2.67. The fourth-order valence-electron chi connectivity index (χ4n) is 4.37. The molecule has 0 heterocycles. The van der Waals surface area contributed by atoms with E-state index in [-0.39, 0.29) is 23.3 Å². The summed E-state index contributed by atoms with van der Waals surface area (Å²) >= 11 is 0. The zero-order valence-corrected chi connectivity index (χ0v) is 20.4. The van der Waals surface area contributed by atoms with E-state index < -0.39 is 0 Å². The van der Waals surface area contributed by atoms with E-state index in [1.165, 1.54) is 5.56 Å². The fraction of sp³-hybridized carbons (Fsp3) is 0.357. The molecule has 1 N–H and O–H groups in total. The molecule has 5 nitrogen and oxygen atoms in total. The smallest absolute Gasteiger partial charge is 0.277 e. The Kier molecular flexibility index (Phi) is 7.42. The second kappa shape index (κ2) is 10.1. The second-order valence-corrected chi connectivity index (χ2v) is 10.1. The number of hydrogen-bond acceptors (Lipinski definition) is 4. The van der Waals surface area contributed by atoms with E-state index in [0.717, 1.165) is 22.8 Å². The van der Waals surface area contributed by atoms with Gasteiger partial charge in [0, 0.05) is 5.56 Å². The number of nitrogens with zero attached hydrogens (tertiary/aromatic N) is 1. The first-order valence-electron chi connectivity index (χ1n) is 11.2. The molecule has 3 rings (SSSR count). The molecule has 0 fully saturated rings. The van der Waals surface area contributed by atoms with Gasteiger partial charge < -0.3 is 9.47 Å². The van der Waals surface area contributed by atoms with Gasteiger partial charge in [-0.2, -0.15) is 5.10 Å². The van der Waals surface area contributed by atoms with Gasteiger partial charge >= 0.3 is 0 Å². The van der Waals surface area contributed by atoms with Crippen LogP contribution in [0.5, 0.6) is 11.5 Å². The molecule has 3 aromatic rings. The Morgan fingerprint density at radius 2 is 1.67 bits per heavy atom. The van der Waals surface area contributed by atoms with E-state index in [0.29, 0.717) is 11.5 Å². The van der Waals surface area contributed by atoms with E-state index in [1.807, 2.05) is 48.5 Å². The number of carbonyl (C=O) groups is 1. The molecule has 0 aromatic heterocycles. The second-order valence-electron chi connectivity index (χ2n) is 10.1. The topological polar surface area (TPSA) is 59.9 Å². The number of hydrogen-bond donors (Lipinski definition) is 1. The lowest BCUT2D eigenvalue weighted by Gasteiger charge is -2.33. The Labute approximate surface area is 196 Å². The van der Waals surface area contributed by atoms with E-state index in [9.17, 15) is 4.79 Å². The summed E-state index contributed by atoms with van der Waals surface area (Å²) in [6.45, 7) is 11.2. The molecule has 0 saturated heterocycles. The molecule has 0 aliphatic rings. The molecular formula is C28H34N2O3. The summed E-state index contributed by atoms with van der Waals surface area (Å²) in [5.74, 6) is 1.01. The molecule has 174 valence electrons. The maximum atomic E-state index is 12.2. The lowest BCUT2D eigenvalue weighted by molar-refractivity contribution is -0.123. The molecule has 0 spiro atoms. The number of ether oxygens (including phenoxy) is 2. The number of amides is 1. The predicted octanol–water partition coefficient (Wildman–Crippen LogP) is 6.09. The fourth-order valence-corrected chi connectivity index (χ4v) is 4.37. The van der Waals surface area contributed by atoms with Crippen molar-refractivity contribution in [3.63, 3.8) is 0 Å². The van der Waals surface area contributed by atoms with Gasteiger partial charge in [0.25, 0.3) is 5.91 Å². The monoisotopic (exact) mass is 446 g/mol. The highest BCUT2D eigenvalue weighted by Crippen LogP contribution is 2.36. The molecule has 0 radical (unpaired) electrons. The molecule has 33 heavy (non-hydrogen) atoms. The highest BCUT2D eigenvalue weighted by Gasteiger charge is 2.27. The predicted molar refractivity (Wildman–Crippen MR) is 135 cm³/mol. The maximum Gasteiger partial charge on any atom is 0.277 e. The zero-order chi connectivity index (χ0) is 24.1. The lowest BCUT2D eigenvalue weighted by Crippen LogP contribution is -2.25. The van der Waals surface area contributed by atoms with Gasteiger partial charge in [-0.25, -0.2) is 5.43 Å². The minimum absolute atomic E-state index is 0.0610. The minimum atomic E-state index is -0.331.